The highest BCUT2D eigenvalue weighted by Crippen LogP contribution is 2.25. The summed E-state index contributed by atoms with van der Waals surface area (Å²) in [5, 5.41) is 10.2. The first-order valence-electron chi connectivity index (χ1n) is 8.68. The molecule has 1 N–H and O–H groups in total. The van der Waals surface area contributed by atoms with Crippen LogP contribution in [0.15, 0.2) is 36.7 Å². The molecule has 0 amide bonds. The van der Waals surface area contributed by atoms with Crippen molar-refractivity contribution in [1.82, 2.24) is 9.97 Å². The Morgan fingerprint density at radius 1 is 0.920 bits per heavy atom. The topological polar surface area (TPSA) is 55.2 Å². The second kappa shape index (κ2) is 6.89. The lowest BCUT2D eigenvalue weighted by Gasteiger charge is -2.37. The monoisotopic (exact) mass is 340 g/mol. The quantitative estimate of drug-likeness (QED) is 0.850. The van der Waals surface area contributed by atoms with E-state index in [1.54, 1.807) is 20.2 Å². The third kappa shape index (κ3) is 4.89. The highest BCUT2D eigenvalue weighted by atomic mass is 16.5. The van der Waals surface area contributed by atoms with Crippen LogP contribution in [-0.2, 0) is 10.1 Å². The molecule has 134 valence electrons. The summed E-state index contributed by atoms with van der Waals surface area (Å²) in [5.41, 5.74) is 2.52. The Labute approximate surface area is 152 Å². The van der Waals surface area contributed by atoms with Gasteiger partial charge in [-0.05, 0) is 33.8 Å². The van der Waals surface area contributed by atoms with E-state index in [4.69, 9.17) is 4.65 Å². The van der Waals surface area contributed by atoms with E-state index >= 15 is 0 Å². The maximum Gasteiger partial charge on any atom is 0.309 e. The Morgan fingerprint density at radius 2 is 1.52 bits per heavy atom. The van der Waals surface area contributed by atoms with Crippen LogP contribution in [0.1, 0.15) is 54.2 Å². The third-order valence-electron chi connectivity index (χ3n) is 4.76. The second-order valence-corrected chi connectivity index (χ2v) is 8.59. The van der Waals surface area contributed by atoms with Gasteiger partial charge in [-0.3, -0.25) is 0 Å². The van der Waals surface area contributed by atoms with Crippen molar-refractivity contribution in [2.45, 2.75) is 65.1 Å². The minimum Gasteiger partial charge on any atom is -0.427 e. The van der Waals surface area contributed by atoms with Gasteiger partial charge in [-0.2, -0.15) is 0 Å². The Morgan fingerprint density at radius 3 is 2.04 bits per heavy atom. The van der Waals surface area contributed by atoms with Crippen LogP contribution in [0.4, 0.5) is 0 Å². The summed E-state index contributed by atoms with van der Waals surface area (Å²) in [6.45, 7) is 13.8. The average Bonchev–Trinajstić information content (AvgIpc) is 2.52. The second-order valence-electron chi connectivity index (χ2n) is 8.59. The van der Waals surface area contributed by atoms with Gasteiger partial charge in [0.2, 0.25) is 0 Å². The van der Waals surface area contributed by atoms with Gasteiger partial charge in [-0.15, -0.1) is 0 Å². The molecule has 1 aromatic heterocycles. The fourth-order valence-electron chi connectivity index (χ4n) is 2.14. The average molecular weight is 340 g/mol. The van der Waals surface area contributed by atoms with Gasteiger partial charge in [0.1, 0.15) is 6.33 Å². The molecule has 0 aliphatic carbocycles. The number of rotatable bonds is 5. The molecule has 4 nitrogen and oxygen atoms in total. The van der Waals surface area contributed by atoms with E-state index in [0.717, 1.165) is 22.4 Å². The molecular formula is C20H29BN2O2. The molecule has 2 aromatic rings. The lowest BCUT2D eigenvalue weighted by molar-refractivity contribution is -0.0893. The van der Waals surface area contributed by atoms with Crippen molar-refractivity contribution >= 4 is 12.9 Å². The molecule has 2 rings (SSSR count). The molecule has 1 heterocycles. The molecule has 0 radical (unpaired) electrons. The molecular weight excluding hydrogens is 311 g/mol. The number of benzene rings is 1. The molecule has 0 unspecified atom stereocenters. The number of hydrogen-bond donors (Lipinski definition) is 1. The van der Waals surface area contributed by atoms with Crippen molar-refractivity contribution in [3.63, 3.8) is 0 Å². The van der Waals surface area contributed by atoms with E-state index in [9.17, 15) is 5.11 Å². The minimum absolute atomic E-state index is 0.00580. The van der Waals surface area contributed by atoms with Gasteiger partial charge in [0.05, 0.1) is 16.9 Å². The number of nitrogens with zero attached hydrogens (tertiary/aromatic N) is 2. The highest BCUT2D eigenvalue weighted by Gasteiger charge is 2.35. The Kier molecular flexibility index (Phi) is 5.40. The van der Waals surface area contributed by atoms with Crippen molar-refractivity contribution in [2.75, 3.05) is 0 Å². The first kappa shape index (κ1) is 19.6. The summed E-state index contributed by atoms with van der Waals surface area (Å²) in [6, 6.07) is 10.2. The standard InChI is InChI=1S/C20H29BN2O2/c1-18(2,3)17-12-16(22-13-23-17)14-8-10-15(11-9-14)21-25-20(6,7)19(4,5)24/h8-13,21,24H,1-7H3. The normalized spacial score (nSPS) is 13.0. The Balaban J connectivity index is 2.13. The van der Waals surface area contributed by atoms with Crippen molar-refractivity contribution < 1.29 is 9.76 Å². The van der Waals surface area contributed by atoms with Gasteiger partial charge in [0, 0.05) is 16.7 Å². The lowest BCUT2D eigenvalue weighted by atomic mass is 9.82. The predicted molar refractivity (Wildman–Crippen MR) is 104 cm³/mol. The summed E-state index contributed by atoms with van der Waals surface area (Å²) < 4.78 is 5.91. The van der Waals surface area contributed by atoms with Gasteiger partial charge in [-0.1, -0.05) is 50.5 Å². The smallest absolute Gasteiger partial charge is 0.309 e. The molecule has 0 saturated carbocycles. The van der Waals surface area contributed by atoms with E-state index in [-0.39, 0.29) is 5.41 Å². The summed E-state index contributed by atoms with van der Waals surface area (Å²) in [4.78, 5) is 8.77. The number of aromatic nitrogens is 2. The highest BCUT2D eigenvalue weighted by molar-refractivity contribution is 6.47. The van der Waals surface area contributed by atoms with Gasteiger partial charge < -0.3 is 9.76 Å². The molecule has 0 aliphatic rings. The fraction of sp³-hybridized carbons (Fsp3) is 0.500. The van der Waals surface area contributed by atoms with Crippen LogP contribution in [0.2, 0.25) is 0 Å². The van der Waals surface area contributed by atoms with Crippen LogP contribution in [0.3, 0.4) is 0 Å². The molecule has 0 saturated heterocycles. The van der Waals surface area contributed by atoms with Crippen LogP contribution in [0.25, 0.3) is 11.3 Å². The zero-order valence-corrected chi connectivity index (χ0v) is 16.4. The van der Waals surface area contributed by atoms with Crippen LogP contribution < -0.4 is 5.46 Å². The Bertz CT molecular complexity index is 714. The van der Waals surface area contributed by atoms with Crippen molar-refractivity contribution in [3.8, 4) is 11.3 Å². The molecule has 5 heteroatoms. The van der Waals surface area contributed by atoms with Crippen molar-refractivity contribution in [2.24, 2.45) is 0 Å². The first-order chi connectivity index (χ1) is 11.4. The van der Waals surface area contributed by atoms with Gasteiger partial charge >= 0.3 is 7.48 Å². The fourth-order valence-corrected chi connectivity index (χ4v) is 2.14. The summed E-state index contributed by atoms with van der Waals surface area (Å²) >= 11 is 0. The molecule has 0 fully saturated rings. The number of aliphatic hydroxyl groups is 1. The molecule has 0 aliphatic heterocycles. The molecule has 0 atom stereocenters. The van der Waals surface area contributed by atoms with Crippen LogP contribution >= 0.6 is 0 Å². The van der Waals surface area contributed by atoms with E-state index in [0.29, 0.717) is 7.48 Å². The van der Waals surface area contributed by atoms with Gasteiger partial charge in [0.15, 0.2) is 0 Å². The molecule has 1 aromatic carbocycles. The summed E-state index contributed by atoms with van der Waals surface area (Å²) in [5.74, 6) is 0. The van der Waals surface area contributed by atoms with E-state index in [1.807, 2.05) is 44.2 Å². The summed E-state index contributed by atoms with van der Waals surface area (Å²) in [7, 11) is 0.453. The third-order valence-corrected chi connectivity index (χ3v) is 4.76. The zero-order valence-electron chi connectivity index (χ0n) is 16.4. The lowest BCUT2D eigenvalue weighted by Crippen LogP contribution is -2.49. The van der Waals surface area contributed by atoms with E-state index in [1.165, 1.54) is 0 Å². The minimum atomic E-state index is -0.905. The zero-order chi connectivity index (χ0) is 18.9. The van der Waals surface area contributed by atoms with Crippen LogP contribution in [0, 0.1) is 0 Å². The van der Waals surface area contributed by atoms with Gasteiger partial charge in [0.25, 0.3) is 0 Å². The SMILES string of the molecule is CC(C)(C)c1cc(-c2ccc(BOC(C)(C)C(C)(C)O)cc2)ncn1. The molecule has 0 spiro atoms. The molecule has 0 bridgehead atoms. The Hall–Kier alpha value is -1.72. The van der Waals surface area contributed by atoms with Crippen LogP contribution in [0.5, 0.6) is 0 Å². The summed E-state index contributed by atoms with van der Waals surface area (Å²) in [6.07, 6.45) is 1.62. The van der Waals surface area contributed by atoms with Crippen LogP contribution in [-0.4, -0.2) is 33.8 Å². The first-order valence-corrected chi connectivity index (χ1v) is 8.68. The van der Waals surface area contributed by atoms with E-state index < -0.39 is 11.2 Å². The molecule has 25 heavy (non-hydrogen) atoms. The van der Waals surface area contributed by atoms with Crippen molar-refractivity contribution in [1.29, 1.82) is 0 Å². The maximum atomic E-state index is 10.2. The predicted octanol–water partition coefficient (Wildman–Crippen LogP) is 2.98. The van der Waals surface area contributed by atoms with E-state index in [2.05, 4.69) is 30.7 Å². The maximum absolute atomic E-state index is 10.2. The number of hydrogen-bond acceptors (Lipinski definition) is 4. The largest absolute Gasteiger partial charge is 0.427 e. The van der Waals surface area contributed by atoms with Crippen molar-refractivity contribution in [3.05, 3.63) is 42.4 Å². The van der Waals surface area contributed by atoms with Gasteiger partial charge in [-0.25, -0.2) is 9.97 Å².